The number of ether oxygens (including phenoxy) is 1. The minimum atomic E-state index is -1.59. The van der Waals surface area contributed by atoms with Crippen LogP contribution in [0.2, 0.25) is 0 Å². The predicted molar refractivity (Wildman–Crippen MR) is 107 cm³/mol. The summed E-state index contributed by atoms with van der Waals surface area (Å²) in [6.07, 6.45) is 6.73. The molecule has 2 aliphatic heterocycles. The van der Waals surface area contributed by atoms with Crippen molar-refractivity contribution in [2.45, 2.75) is 0 Å². The van der Waals surface area contributed by atoms with E-state index in [2.05, 4.69) is 25.8 Å². The van der Waals surface area contributed by atoms with Crippen molar-refractivity contribution in [2.75, 3.05) is 31.2 Å². The Morgan fingerprint density at radius 1 is 1.07 bits per heavy atom. The summed E-state index contributed by atoms with van der Waals surface area (Å²) in [5.41, 5.74) is 3.90. The highest BCUT2D eigenvalue weighted by molar-refractivity contribution is 7.93. The van der Waals surface area contributed by atoms with E-state index in [-0.39, 0.29) is 5.91 Å². The van der Waals surface area contributed by atoms with Crippen LogP contribution in [0.3, 0.4) is 0 Å². The Kier molecular flexibility index (Phi) is 4.18. The van der Waals surface area contributed by atoms with Gasteiger partial charge < -0.3 is 9.64 Å². The van der Waals surface area contributed by atoms with Gasteiger partial charge in [0.05, 0.1) is 36.8 Å². The van der Waals surface area contributed by atoms with E-state index in [0.717, 1.165) is 54.0 Å². The first-order chi connectivity index (χ1) is 13.7. The van der Waals surface area contributed by atoms with Crippen molar-refractivity contribution in [3.8, 4) is 11.1 Å². The van der Waals surface area contributed by atoms with Gasteiger partial charge in [0.25, 0.3) is 5.91 Å². The highest BCUT2D eigenvalue weighted by atomic mass is 32.2. The van der Waals surface area contributed by atoms with Gasteiger partial charge in [0.1, 0.15) is 0 Å². The predicted octanol–water partition coefficient (Wildman–Crippen LogP) is 1.53. The number of fused-ring (bicyclic) bond motifs is 1. The van der Waals surface area contributed by atoms with E-state index in [1.807, 2.05) is 30.6 Å². The third-order valence-electron chi connectivity index (χ3n) is 4.85. The highest BCUT2D eigenvalue weighted by Crippen LogP contribution is 2.28. The molecular formula is C19H17N5O3S. The van der Waals surface area contributed by atoms with Gasteiger partial charge in [0.15, 0.2) is 16.0 Å². The molecule has 8 nitrogen and oxygen atoms in total. The number of nitrogens with zero attached hydrogens (tertiary/aromatic N) is 4. The topological polar surface area (TPSA) is 89.3 Å². The van der Waals surface area contributed by atoms with Crippen LogP contribution in [0.25, 0.3) is 27.1 Å². The molecule has 1 saturated heterocycles. The van der Waals surface area contributed by atoms with E-state index in [9.17, 15) is 9.00 Å². The molecule has 1 amide bonds. The standard InChI is InChI=1S/C19H17N5O3S/c25-18-9-19(28(26)22-18)24-17-2-1-13(7-15(17)11-21-24)14-8-16(12-20-10-14)23-3-5-27-6-4-23/h1-2,7-12H,3-6H2,(H,22,25). The maximum atomic E-state index is 12.0. The molecule has 1 N–H and O–H groups in total. The summed E-state index contributed by atoms with van der Waals surface area (Å²) in [6.45, 7) is 3.17. The Balaban J connectivity index is 1.50. The van der Waals surface area contributed by atoms with Crippen LogP contribution in [-0.4, -0.2) is 51.2 Å². The molecule has 1 unspecified atom stereocenters. The van der Waals surface area contributed by atoms with Crippen LogP contribution in [0, 0.1) is 0 Å². The molecule has 0 spiro atoms. The van der Waals surface area contributed by atoms with E-state index in [1.54, 1.807) is 6.20 Å². The van der Waals surface area contributed by atoms with Crippen LogP contribution in [0.5, 0.6) is 0 Å². The Labute approximate surface area is 163 Å². The molecule has 0 bridgehead atoms. The van der Waals surface area contributed by atoms with Crippen LogP contribution in [-0.2, 0) is 20.5 Å². The Morgan fingerprint density at radius 2 is 1.93 bits per heavy atom. The molecule has 9 heteroatoms. The number of hydrogen-bond donors (Lipinski definition) is 1. The van der Waals surface area contributed by atoms with Gasteiger partial charge >= 0.3 is 0 Å². The molecule has 0 radical (unpaired) electrons. The van der Waals surface area contributed by atoms with Crippen LogP contribution in [0.4, 0.5) is 5.69 Å². The maximum absolute atomic E-state index is 12.0. The van der Waals surface area contributed by atoms with Crippen molar-refractivity contribution in [2.24, 2.45) is 0 Å². The second-order valence-electron chi connectivity index (χ2n) is 6.58. The number of nitrogens with one attached hydrogen (secondary N) is 1. The third-order valence-corrected chi connectivity index (χ3v) is 5.91. The van der Waals surface area contributed by atoms with Gasteiger partial charge in [-0.3, -0.25) is 14.5 Å². The number of hydrogen-bond acceptors (Lipinski definition) is 6. The molecule has 1 fully saturated rings. The number of carbonyl (C=O) groups is 1. The van der Waals surface area contributed by atoms with E-state index in [0.29, 0.717) is 5.03 Å². The van der Waals surface area contributed by atoms with Gasteiger partial charge in [-0.05, 0) is 23.8 Å². The van der Waals surface area contributed by atoms with Gasteiger partial charge in [-0.1, -0.05) is 6.07 Å². The van der Waals surface area contributed by atoms with Gasteiger partial charge in [-0.15, -0.1) is 0 Å². The van der Waals surface area contributed by atoms with Gasteiger partial charge in [-0.2, -0.15) is 5.10 Å². The average Bonchev–Trinajstić information content (AvgIpc) is 3.30. The lowest BCUT2D eigenvalue weighted by molar-refractivity contribution is -0.114. The first-order valence-electron chi connectivity index (χ1n) is 8.89. The fourth-order valence-electron chi connectivity index (χ4n) is 3.45. The maximum Gasteiger partial charge on any atom is 0.258 e. The lowest BCUT2D eigenvalue weighted by Gasteiger charge is -2.28. The molecule has 0 saturated carbocycles. The summed E-state index contributed by atoms with van der Waals surface area (Å²) in [4.78, 5) is 18.1. The van der Waals surface area contributed by atoms with Crippen LogP contribution >= 0.6 is 0 Å². The summed E-state index contributed by atoms with van der Waals surface area (Å²) >= 11 is 0. The summed E-state index contributed by atoms with van der Waals surface area (Å²) in [6, 6.07) is 8.04. The number of rotatable bonds is 3. The zero-order valence-corrected chi connectivity index (χ0v) is 15.7. The molecule has 5 rings (SSSR count). The van der Waals surface area contributed by atoms with E-state index >= 15 is 0 Å². The number of aromatic nitrogens is 3. The second kappa shape index (κ2) is 6.84. The normalized spacial score (nSPS) is 19.7. The Hall–Kier alpha value is -3.04. The van der Waals surface area contributed by atoms with E-state index < -0.39 is 11.0 Å². The summed E-state index contributed by atoms with van der Waals surface area (Å²) in [5, 5.41) is 5.55. The zero-order valence-electron chi connectivity index (χ0n) is 14.9. The third kappa shape index (κ3) is 2.98. The molecule has 1 aromatic carbocycles. The highest BCUT2D eigenvalue weighted by Gasteiger charge is 2.23. The molecule has 1 atom stereocenters. The largest absolute Gasteiger partial charge is 0.378 e. The Bertz CT molecular complexity index is 1130. The number of anilines is 1. The number of carbonyl (C=O) groups excluding carboxylic acids is 1. The zero-order chi connectivity index (χ0) is 19.1. The second-order valence-corrected chi connectivity index (χ2v) is 7.74. The monoisotopic (exact) mass is 395 g/mol. The molecule has 4 heterocycles. The fraction of sp³-hybridized carbons (Fsp3) is 0.211. The van der Waals surface area contributed by atoms with Crippen molar-refractivity contribution in [3.05, 3.63) is 48.9 Å². The van der Waals surface area contributed by atoms with Gasteiger partial charge in [-0.25, -0.2) is 8.89 Å². The number of amides is 1. The molecule has 0 aliphatic carbocycles. The lowest BCUT2D eigenvalue weighted by atomic mass is 10.1. The molecule has 2 aromatic heterocycles. The van der Waals surface area contributed by atoms with Crippen LogP contribution < -0.4 is 9.62 Å². The van der Waals surface area contributed by atoms with E-state index in [1.165, 1.54) is 10.8 Å². The quantitative estimate of drug-likeness (QED) is 0.723. The molecule has 3 aromatic rings. The van der Waals surface area contributed by atoms with Crippen molar-refractivity contribution in [1.82, 2.24) is 19.5 Å². The molecular weight excluding hydrogens is 378 g/mol. The lowest BCUT2D eigenvalue weighted by Crippen LogP contribution is -2.36. The van der Waals surface area contributed by atoms with Crippen molar-refractivity contribution < 1.29 is 13.7 Å². The molecule has 142 valence electrons. The van der Waals surface area contributed by atoms with Crippen LogP contribution in [0.15, 0.2) is 48.9 Å². The number of pyridine rings is 1. The summed E-state index contributed by atoms with van der Waals surface area (Å²) < 4.78 is 21.3. The molecule has 2 aliphatic rings. The average molecular weight is 395 g/mol. The van der Waals surface area contributed by atoms with Gasteiger partial charge in [0.2, 0.25) is 0 Å². The first kappa shape index (κ1) is 17.1. The smallest absolute Gasteiger partial charge is 0.258 e. The SMILES string of the molecule is O=C1C=C(n2ncc3cc(-c4cncc(N5CCOCC5)c4)ccc32)S(=O)N1. The number of benzene rings is 1. The van der Waals surface area contributed by atoms with Crippen LogP contribution in [0.1, 0.15) is 0 Å². The number of morpholine rings is 1. The minimum Gasteiger partial charge on any atom is -0.378 e. The Morgan fingerprint density at radius 3 is 2.71 bits per heavy atom. The molecule has 28 heavy (non-hydrogen) atoms. The first-order valence-corrected chi connectivity index (χ1v) is 10.0. The van der Waals surface area contributed by atoms with Crippen molar-refractivity contribution in [3.63, 3.8) is 0 Å². The van der Waals surface area contributed by atoms with Crippen molar-refractivity contribution >= 4 is 38.5 Å². The van der Waals surface area contributed by atoms with Gasteiger partial charge in [0, 0.05) is 36.3 Å². The summed E-state index contributed by atoms with van der Waals surface area (Å²) in [7, 11) is -1.59. The van der Waals surface area contributed by atoms with Crippen molar-refractivity contribution in [1.29, 1.82) is 0 Å². The summed E-state index contributed by atoms with van der Waals surface area (Å²) in [5.74, 6) is -0.375. The minimum absolute atomic E-state index is 0.337. The fourth-order valence-corrected chi connectivity index (χ4v) is 4.31. The van der Waals surface area contributed by atoms with E-state index in [4.69, 9.17) is 4.74 Å².